The molecule has 3 aliphatic heterocycles. The second-order valence-electron chi connectivity index (χ2n) is 20.8. The molecular formula is C54H67N7O10S2. The van der Waals surface area contributed by atoms with Crippen molar-refractivity contribution < 1.29 is 46.6 Å². The zero-order valence-corrected chi connectivity index (χ0v) is 44.2. The number of piperazine rings is 1. The summed E-state index contributed by atoms with van der Waals surface area (Å²) in [6, 6.07) is 10.8. The number of sulfonamides is 1. The summed E-state index contributed by atoms with van der Waals surface area (Å²) in [7, 11) is -2.39. The highest BCUT2D eigenvalue weighted by Crippen LogP contribution is 2.58. The molecule has 4 aromatic rings. The van der Waals surface area contributed by atoms with Gasteiger partial charge in [-0.05, 0) is 101 Å². The first-order valence-corrected chi connectivity index (χ1v) is 28.1. The van der Waals surface area contributed by atoms with E-state index in [1.165, 1.54) is 11.3 Å². The summed E-state index contributed by atoms with van der Waals surface area (Å²) in [6.07, 6.45) is 7.38. The number of pyridine rings is 1. The van der Waals surface area contributed by atoms with Crippen molar-refractivity contribution in [1.29, 1.82) is 0 Å². The van der Waals surface area contributed by atoms with Gasteiger partial charge in [-0.15, -0.1) is 11.3 Å². The third-order valence-corrected chi connectivity index (χ3v) is 18.4. The number of carbonyl (C=O) groups excluding carboxylic acids is 5. The number of allylic oxidation sites excluding steroid dienone is 2. The van der Waals surface area contributed by atoms with Crippen LogP contribution in [0, 0.1) is 18.3 Å². The van der Waals surface area contributed by atoms with Gasteiger partial charge < -0.3 is 34.2 Å². The van der Waals surface area contributed by atoms with E-state index in [9.17, 15) is 22.8 Å². The van der Waals surface area contributed by atoms with E-state index in [4.69, 9.17) is 24.2 Å². The molecule has 17 nitrogen and oxygen atoms in total. The van der Waals surface area contributed by atoms with Crippen LogP contribution in [0.25, 0.3) is 21.6 Å². The molecule has 2 N–H and O–H groups in total. The van der Waals surface area contributed by atoms with Crippen LogP contribution in [0.2, 0.25) is 0 Å². The Bertz CT molecular complexity index is 2930. The van der Waals surface area contributed by atoms with Crippen molar-refractivity contribution in [3.8, 4) is 22.2 Å². The van der Waals surface area contributed by atoms with Gasteiger partial charge in [0.25, 0.3) is 5.91 Å². The normalized spacial score (nSPS) is 24.7. The summed E-state index contributed by atoms with van der Waals surface area (Å²) in [4.78, 5) is 85.8. The number of Topliss-reactive ketones (excluding diaryl/α,β-unsaturated/α-hetero) is 1. The SMILES string of the molecule is CCOC(=O)N1CCN(C(=O)c2cccc(N[C@H]3CCCCC/C=C\[C@@H]4C[C@@]4(C(=O)NS(=O)(=O)C4(C)CC4)CC(=O)[C@@H]4C[C@@H](Oc5cc(-c6nc(C(C)C)cs6)nc6c(C)c(OC)ccc56)CN4C3=O)c2)CC1. The fourth-order valence-electron chi connectivity index (χ4n) is 10.4. The summed E-state index contributed by atoms with van der Waals surface area (Å²) in [5, 5.41) is 6.91. The van der Waals surface area contributed by atoms with Gasteiger partial charge in [-0.25, -0.2) is 23.2 Å². The van der Waals surface area contributed by atoms with E-state index in [0.717, 1.165) is 30.5 Å². The zero-order chi connectivity index (χ0) is 51.8. The fraction of sp³-hybridized carbons (Fsp3) is 0.537. The molecular weight excluding hydrogens is 971 g/mol. The lowest BCUT2D eigenvalue weighted by Gasteiger charge is -2.34. The number of aryl methyl sites for hydroxylation is 1. The van der Waals surface area contributed by atoms with Crippen molar-refractivity contribution in [2.24, 2.45) is 11.3 Å². The minimum atomic E-state index is -4.00. The summed E-state index contributed by atoms with van der Waals surface area (Å²) < 4.78 is 46.1. The molecule has 5 aliphatic rings. The van der Waals surface area contributed by atoms with Crippen LogP contribution in [0.1, 0.15) is 119 Å². The Morgan fingerprint density at radius 2 is 1.74 bits per heavy atom. The number of ketones is 1. The molecule has 0 spiro atoms. The molecule has 0 radical (unpaired) electrons. The van der Waals surface area contributed by atoms with Crippen molar-refractivity contribution in [1.82, 2.24) is 29.4 Å². The van der Waals surface area contributed by atoms with Crippen LogP contribution in [0.3, 0.4) is 0 Å². The Labute approximate surface area is 431 Å². The molecule has 9 rings (SSSR count). The Morgan fingerprint density at radius 3 is 2.45 bits per heavy atom. The first kappa shape index (κ1) is 51.8. The lowest BCUT2D eigenvalue weighted by atomic mass is 9.91. The third kappa shape index (κ3) is 10.8. The van der Waals surface area contributed by atoms with Crippen molar-refractivity contribution in [2.75, 3.05) is 51.8 Å². The number of hydrogen-bond acceptors (Lipinski definition) is 14. The van der Waals surface area contributed by atoms with Gasteiger partial charge in [-0.2, -0.15) is 0 Å². The second kappa shape index (κ2) is 21.0. The van der Waals surface area contributed by atoms with E-state index in [1.54, 1.807) is 53.9 Å². The van der Waals surface area contributed by atoms with Gasteiger partial charge in [0, 0.05) is 72.7 Å². The number of carbonyl (C=O) groups is 5. The van der Waals surface area contributed by atoms with Crippen LogP contribution in [0.5, 0.6) is 11.5 Å². The highest BCUT2D eigenvalue weighted by Gasteiger charge is 2.62. The number of nitrogens with zero attached hydrogens (tertiary/aromatic N) is 5. The van der Waals surface area contributed by atoms with Crippen LogP contribution < -0.4 is 19.5 Å². The largest absolute Gasteiger partial charge is 0.496 e. The first-order chi connectivity index (χ1) is 34.9. The summed E-state index contributed by atoms with van der Waals surface area (Å²) in [5.74, 6) is -0.562. The topological polar surface area (TPSA) is 207 Å². The smallest absolute Gasteiger partial charge is 0.409 e. The number of ether oxygens (including phenoxy) is 3. The molecule has 5 heterocycles. The highest BCUT2D eigenvalue weighted by atomic mass is 32.2. The van der Waals surface area contributed by atoms with Gasteiger partial charge in [0.2, 0.25) is 21.8 Å². The number of methoxy groups -OCH3 is 1. The predicted octanol–water partition coefficient (Wildman–Crippen LogP) is 8.03. The number of hydrogen-bond donors (Lipinski definition) is 2. The Kier molecular flexibility index (Phi) is 14.9. The maximum Gasteiger partial charge on any atom is 0.409 e. The fourth-order valence-corrected chi connectivity index (χ4v) is 12.7. The molecule has 5 atom stereocenters. The lowest BCUT2D eigenvalue weighted by Crippen LogP contribution is -2.50. The third-order valence-electron chi connectivity index (χ3n) is 15.4. The molecule has 2 saturated carbocycles. The number of fused-ring (bicyclic) bond motifs is 3. The maximum atomic E-state index is 15.4. The molecule has 2 saturated heterocycles. The summed E-state index contributed by atoms with van der Waals surface area (Å²) in [6.45, 7) is 11.2. The molecule has 2 aliphatic carbocycles. The number of aromatic nitrogens is 2. The van der Waals surface area contributed by atoms with E-state index < -0.39 is 50.4 Å². The van der Waals surface area contributed by atoms with Crippen LogP contribution in [0.4, 0.5) is 10.5 Å². The molecule has 4 fully saturated rings. The quantitative estimate of drug-likeness (QED) is 0.129. The standard InChI is InChI=1S/C54H67N7O10S2/c1-7-70-52(66)60-24-22-59(23-25-60)49(63)35-14-13-16-37(26-35)55-40-17-12-10-8-9-11-15-36-29-54(36,51(65)58-73(67,68)53(5)20-21-53)30-44(62)43-27-38(31-61(43)50(40)64)71-46-28-41(48-57-42(32-72-48)33(2)3)56-47-34(4)45(69-6)19-18-39(46)47/h11,13-16,18-19,26,28,32-33,36,38,40,43,55H,7-10,12,17,20-25,27,29-31H2,1-6H3,(H,58,65)/b15-11-/t36-,38-,40+,43+,54-/m1/s1. The average Bonchev–Trinajstić information content (AvgIpc) is 4.15. The summed E-state index contributed by atoms with van der Waals surface area (Å²) >= 11 is 1.49. The monoisotopic (exact) mass is 1040 g/mol. The molecule has 73 heavy (non-hydrogen) atoms. The van der Waals surface area contributed by atoms with Gasteiger partial charge in [0.1, 0.15) is 34.3 Å². The van der Waals surface area contributed by atoms with Gasteiger partial charge in [-0.1, -0.05) is 44.9 Å². The number of nitrogens with one attached hydrogen (secondary N) is 2. The number of thiazole rings is 1. The van der Waals surface area contributed by atoms with Crippen molar-refractivity contribution >= 4 is 67.5 Å². The van der Waals surface area contributed by atoms with Crippen LogP contribution in [-0.2, 0) is 29.1 Å². The summed E-state index contributed by atoms with van der Waals surface area (Å²) in [5.41, 5.74) is 2.69. The van der Waals surface area contributed by atoms with Crippen molar-refractivity contribution in [3.05, 3.63) is 76.8 Å². The van der Waals surface area contributed by atoms with E-state index in [2.05, 4.69) is 23.9 Å². The molecule has 2 aromatic carbocycles. The van der Waals surface area contributed by atoms with E-state index >= 15 is 9.59 Å². The zero-order valence-electron chi connectivity index (χ0n) is 42.6. The minimum absolute atomic E-state index is 0.0437. The Balaban J connectivity index is 1.03. The first-order valence-electron chi connectivity index (χ1n) is 25.7. The van der Waals surface area contributed by atoms with Crippen molar-refractivity contribution in [3.63, 3.8) is 0 Å². The molecule has 2 aromatic heterocycles. The van der Waals surface area contributed by atoms with Gasteiger partial charge in [-0.3, -0.25) is 23.9 Å². The Hall–Kier alpha value is -6.08. The van der Waals surface area contributed by atoms with Crippen molar-refractivity contribution in [2.45, 2.75) is 128 Å². The molecule has 4 amide bonds. The highest BCUT2D eigenvalue weighted by molar-refractivity contribution is 7.91. The van der Waals surface area contributed by atoms with E-state index in [1.807, 2.05) is 48.7 Å². The number of rotatable bonds is 12. The number of benzene rings is 2. The van der Waals surface area contributed by atoms with Crippen LogP contribution >= 0.6 is 11.3 Å². The number of amides is 4. The molecule has 0 bridgehead atoms. The predicted molar refractivity (Wildman–Crippen MR) is 278 cm³/mol. The number of anilines is 1. The van der Waals surface area contributed by atoms with Crippen LogP contribution in [0.15, 0.2) is 60.0 Å². The van der Waals surface area contributed by atoms with Gasteiger partial charge >= 0.3 is 6.09 Å². The van der Waals surface area contributed by atoms with Gasteiger partial charge in [0.05, 0.1) is 47.7 Å². The Morgan fingerprint density at radius 1 is 0.973 bits per heavy atom. The van der Waals surface area contributed by atoms with E-state index in [-0.39, 0.29) is 55.4 Å². The maximum absolute atomic E-state index is 15.4. The second-order valence-corrected chi connectivity index (χ2v) is 23.9. The van der Waals surface area contributed by atoms with Crippen LogP contribution in [-0.4, -0.2) is 132 Å². The van der Waals surface area contributed by atoms with Gasteiger partial charge in [0.15, 0.2) is 5.78 Å². The molecule has 390 valence electrons. The lowest BCUT2D eigenvalue weighted by molar-refractivity contribution is -0.139. The molecule has 19 heteroatoms. The average molecular weight is 1040 g/mol. The van der Waals surface area contributed by atoms with E-state index in [0.29, 0.717) is 103 Å². The molecule has 0 unspecified atom stereocenters. The minimum Gasteiger partial charge on any atom is -0.496 e.